The summed E-state index contributed by atoms with van der Waals surface area (Å²) in [5.74, 6) is -0.997. The van der Waals surface area contributed by atoms with Gasteiger partial charge in [-0.2, -0.15) is 0 Å². The summed E-state index contributed by atoms with van der Waals surface area (Å²) in [6.45, 7) is 4.49. The molecule has 0 fully saturated rings. The highest BCUT2D eigenvalue weighted by Gasteiger charge is 2.20. The van der Waals surface area contributed by atoms with Crippen molar-refractivity contribution in [2.24, 2.45) is 0 Å². The standard InChI is InChI=1S/C18H17BrFNO6/c1-3-25-16-7-11(13(19)10-17(16)26-4-2)8-18(22)27-15-9-12(20)5-6-14(15)21(23)24/h5-7,9-10H,3-4,8H2,1-2H3. The van der Waals surface area contributed by atoms with Crippen molar-refractivity contribution < 1.29 is 28.3 Å². The number of hydrogen-bond acceptors (Lipinski definition) is 6. The molecule has 0 radical (unpaired) electrons. The second kappa shape index (κ2) is 9.31. The average molecular weight is 442 g/mol. The van der Waals surface area contributed by atoms with Crippen LogP contribution in [0.3, 0.4) is 0 Å². The molecule has 0 aliphatic heterocycles. The summed E-state index contributed by atoms with van der Waals surface area (Å²) in [6.07, 6.45) is -0.208. The van der Waals surface area contributed by atoms with Crippen LogP contribution < -0.4 is 14.2 Å². The zero-order chi connectivity index (χ0) is 20.0. The summed E-state index contributed by atoms with van der Waals surface area (Å²) >= 11 is 3.35. The van der Waals surface area contributed by atoms with Gasteiger partial charge in [-0.25, -0.2) is 4.39 Å². The van der Waals surface area contributed by atoms with E-state index < -0.39 is 28.1 Å². The second-order valence-corrected chi connectivity index (χ2v) is 6.13. The van der Waals surface area contributed by atoms with Crippen molar-refractivity contribution in [2.75, 3.05) is 13.2 Å². The number of nitrogens with zero attached hydrogens (tertiary/aromatic N) is 1. The molecule has 0 N–H and O–H groups in total. The van der Waals surface area contributed by atoms with Crippen LogP contribution in [0.2, 0.25) is 0 Å². The van der Waals surface area contributed by atoms with Crippen LogP contribution in [0, 0.1) is 15.9 Å². The van der Waals surface area contributed by atoms with Crippen molar-refractivity contribution in [3.63, 3.8) is 0 Å². The molecule has 0 saturated heterocycles. The summed E-state index contributed by atoms with van der Waals surface area (Å²) in [7, 11) is 0. The quantitative estimate of drug-likeness (QED) is 0.260. The zero-order valence-corrected chi connectivity index (χ0v) is 16.2. The minimum Gasteiger partial charge on any atom is -0.490 e. The Morgan fingerprint density at radius 1 is 1.11 bits per heavy atom. The summed E-state index contributed by atoms with van der Waals surface area (Å²) in [5.41, 5.74) is 0.0384. The SMILES string of the molecule is CCOc1cc(Br)c(CC(=O)Oc2cc(F)ccc2[N+](=O)[O-])cc1OCC. The Morgan fingerprint density at radius 2 is 1.74 bits per heavy atom. The Labute approximate surface area is 163 Å². The fourth-order valence-corrected chi connectivity index (χ4v) is 2.75. The number of hydrogen-bond donors (Lipinski definition) is 0. The number of halogens is 2. The number of nitro groups is 1. The Kier molecular flexibility index (Phi) is 7.12. The third kappa shape index (κ3) is 5.40. The Hall–Kier alpha value is -2.68. The smallest absolute Gasteiger partial charge is 0.315 e. The van der Waals surface area contributed by atoms with Gasteiger partial charge >= 0.3 is 11.7 Å². The number of benzene rings is 2. The third-order valence-electron chi connectivity index (χ3n) is 3.39. The van der Waals surface area contributed by atoms with E-state index in [0.29, 0.717) is 34.7 Å². The normalized spacial score (nSPS) is 10.4. The molecule has 27 heavy (non-hydrogen) atoms. The van der Waals surface area contributed by atoms with Crippen LogP contribution in [0.1, 0.15) is 19.4 Å². The molecule has 144 valence electrons. The molecule has 9 heteroatoms. The third-order valence-corrected chi connectivity index (χ3v) is 4.13. The predicted octanol–water partition coefficient (Wildman–Crippen LogP) is 4.44. The van der Waals surface area contributed by atoms with Gasteiger partial charge in [0, 0.05) is 16.6 Å². The Balaban J connectivity index is 2.24. The topological polar surface area (TPSA) is 87.9 Å². The molecule has 0 aliphatic carbocycles. The fraction of sp³-hybridized carbons (Fsp3) is 0.278. The van der Waals surface area contributed by atoms with Crippen LogP contribution in [-0.4, -0.2) is 24.1 Å². The molecule has 0 aromatic heterocycles. The molecule has 0 bridgehead atoms. The minimum absolute atomic E-state index is 0.208. The largest absolute Gasteiger partial charge is 0.490 e. The van der Waals surface area contributed by atoms with E-state index in [0.717, 1.165) is 18.2 Å². The van der Waals surface area contributed by atoms with Crippen LogP contribution in [0.15, 0.2) is 34.8 Å². The van der Waals surface area contributed by atoms with E-state index in [-0.39, 0.29) is 6.42 Å². The van der Waals surface area contributed by atoms with Gasteiger partial charge in [-0.3, -0.25) is 14.9 Å². The Bertz CT molecular complexity index is 858. The van der Waals surface area contributed by atoms with E-state index in [1.807, 2.05) is 13.8 Å². The summed E-state index contributed by atoms with van der Waals surface area (Å²) in [5, 5.41) is 11.0. The number of carbonyl (C=O) groups is 1. The van der Waals surface area contributed by atoms with E-state index in [9.17, 15) is 19.3 Å². The monoisotopic (exact) mass is 441 g/mol. The van der Waals surface area contributed by atoms with E-state index in [1.165, 1.54) is 0 Å². The molecule has 0 aliphatic rings. The molecule has 0 spiro atoms. The molecule has 0 atom stereocenters. The number of nitro benzene ring substituents is 1. The molecule has 0 unspecified atom stereocenters. The predicted molar refractivity (Wildman–Crippen MR) is 98.9 cm³/mol. The van der Waals surface area contributed by atoms with E-state index >= 15 is 0 Å². The van der Waals surface area contributed by atoms with E-state index in [2.05, 4.69) is 15.9 Å². The lowest BCUT2D eigenvalue weighted by molar-refractivity contribution is -0.385. The van der Waals surface area contributed by atoms with Gasteiger partial charge in [-0.1, -0.05) is 15.9 Å². The first-order chi connectivity index (χ1) is 12.8. The Morgan fingerprint density at radius 3 is 2.33 bits per heavy atom. The van der Waals surface area contributed by atoms with E-state index in [1.54, 1.807) is 12.1 Å². The first-order valence-electron chi connectivity index (χ1n) is 8.08. The number of carbonyl (C=O) groups excluding carboxylic acids is 1. The van der Waals surface area contributed by atoms with Crippen molar-refractivity contribution in [3.05, 3.63) is 56.3 Å². The average Bonchev–Trinajstić information content (AvgIpc) is 2.59. The molecular weight excluding hydrogens is 425 g/mol. The highest BCUT2D eigenvalue weighted by molar-refractivity contribution is 9.10. The number of esters is 1. The van der Waals surface area contributed by atoms with Gasteiger partial charge in [0.2, 0.25) is 5.75 Å². The van der Waals surface area contributed by atoms with Crippen molar-refractivity contribution in [2.45, 2.75) is 20.3 Å². The zero-order valence-electron chi connectivity index (χ0n) is 14.7. The van der Waals surface area contributed by atoms with Crippen LogP contribution in [0.25, 0.3) is 0 Å². The molecule has 0 amide bonds. The van der Waals surface area contributed by atoms with E-state index in [4.69, 9.17) is 14.2 Å². The van der Waals surface area contributed by atoms with Gasteiger partial charge in [0.05, 0.1) is 24.6 Å². The van der Waals surface area contributed by atoms with Crippen molar-refractivity contribution in [1.82, 2.24) is 0 Å². The highest BCUT2D eigenvalue weighted by atomic mass is 79.9. The van der Waals surface area contributed by atoms with Gasteiger partial charge < -0.3 is 14.2 Å². The summed E-state index contributed by atoms with van der Waals surface area (Å²) in [6, 6.07) is 5.96. The lowest BCUT2D eigenvalue weighted by Crippen LogP contribution is -2.13. The lowest BCUT2D eigenvalue weighted by atomic mass is 10.1. The van der Waals surface area contributed by atoms with Crippen LogP contribution >= 0.6 is 15.9 Å². The minimum atomic E-state index is -0.781. The van der Waals surface area contributed by atoms with Crippen molar-refractivity contribution in [1.29, 1.82) is 0 Å². The maximum Gasteiger partial charge on any atom is 0.315 e. The van der Waals surface area contributed by atoms with Gasteiger partial charge in [0.1, 0.15) is 5.82 Å². The fourth-order valence-electron chi connectivity index (χ4n) is 2.28. The van der Waals surface area contributed by atoms with Crippen LogP contribution in [0.4, 0.5) is 10.1 Å². The second-order valence-electron chi connectivity index (χ2n) is 5.28. The molecule has 0 saturated carbocycles. The van der Waals surface area contributed by atoms with Gasteiger partial charge in [-0.05, 0) is 37.6 Å². The first-order valence-corrected chi connectivity index (χ1v) is 8.87. The van der Waals surface area contributed by atoms with Crippen molar-refractivity contribution in [3.8, 4) is 17.2 Å². The lowest BCUT2D eigenvalue weighted by Gasteiger charge is -2.14. The maximum atomic E-state index is 13.4. The molecule has 0 heterocycles. The summed E-state index contributed by atoms with van der Waals surface area (Å²) < 4.78 is 30.0. The van der Waals surface area contributed by atoms with Crippen molar-refractivity contribution >= 4 is 27.6 Å². The van der Waals surface area contributed by atoms with Gasteiger partial charge in [0.15, 0.2) is 11.5 Å². The van der Waals surface area contributed by atoms with Gasteiger partial charge in [0.25, 0.3) is 0 Å². The highest BCUT2D eigenvalue weighted by Crippen LogP contribution is 2.35. The number of ether oxygens (including phenoxy) is 3. The molecule has 2 aromatic carbocycles. The van der Waals surface area contributed by atoms with Crippen LogP contribution in [-0.2, 0) is 11.2 Å². The van der Waals surface area contributed by atoms with Crippen LogP contribution in [0.5, 0.6) is 17.2 Å². The molecule has 2 rings (SSSR count). The molecule has 7 nitrogen and oxygen atoms in total. The summed E-state index contributed by atoms with van der Waals surface area (Å²) in [4.78, 5) is 22.5. The molecular formula is C18H17BrFNO6. The van der Waals surface area contributed by atoms with Gasteiger partial charge in [-0.15, -0.1) is 0 Å². The maximum absolute atomic E-state index is 13.4. The molecule has 2 aromatic rings. The number of rotatable bonds is 8. The first kappa shape index (κ1) is 20.6.